The van der Waals surface area contributed by atoms with Crippen LogP contribution in [0.25, 0.3) is 0 Å². The first-order valence-corrected chi connectivity index (χ1v) is 8.53. The van der Waals surface area contributed by atoms with Gasteiger partial charge in [-0.1, -0.05) is 0 Å². The molecule has 2 amide bonds. The number of fused-ring (bicyclic) bond motifs is 4. The van der Waals surface area contributed by atoms with Gasteiger partial charge in [0.15, 0.2) is 0 Å². The Morgan fingerprint density at radius 3 is 3.00 bits per heavy atom. The quantitative estimate of drug-likeness (QED) is 0.740. The maximum Gasteiger partial charge on any atom is 0.254 e. The highest BCUT2D eigenvalue weighted by atomic mass is 35.5. The number of carbonyl (C=O) groups excluding carboxylic acids is 2. The van der Waals surface area contributed by atoms with Crippen LogP contribution in [0.1, 0.15) is 36.0 Å². The number of rotatable bonds is 3. The van der Waals surface area contributed by atoms with E-state index in [2.05, 4.69) is 25.7 Å². The molecule has 4 atom stereocenters. The summed E-state index contributed by atoms with van der Waals surface area (Å²) in [6.07, 6.45) is 7.00. The van der Waals surface area contributed by atoms with Crippen LogP contribution in [0.3, 0.4) is 0 Å². The second kappa shape index (κ2) is 7.11. The van der Waals surface area contributed by atoms with Crippen LogP contribution in [0, 0.1) is 11.8 Å². The van der Waals surface area contributed by atoms with Gasteiger partial charge in [0, 0.05) is 31.7 Å². The van der Waals surface area contributed by atoms with Crippen LogP contribution in [-0.4, -0.2) is 58.6 Å². The van der Waals surface area contributed by atoms with Crippen LogP contribution in [-0.2, 0) is 4.79 Å². The molecule has 8 heteroatoms. The zero-order chi connectivity index (χ0) is 15.8. The molecule has 0 radical (unpaired) electrons. The Labute approximate surface area is 147 Å². The maximum atomic E-state index is 12.5. The van der Waals surface area contributed by atoms with Crippen molar-refractivity contribution in [3.63, 3.8) is 0 Å². The molecule has 3 fully saturated rings. The third kappa shape index (κ3) is 3.02. The molecule has 0 saturated carbocycles. The second-order valence-corrected chi connectivity index (χ2v) is 6.94. The number of aromatic nitrogens is 2. The van der Waals surface area contributed by atoms with Crippen molar-refractivity contribution < 1.29 is 9.59 Å². The smallest absolute Gasteiger partial charge is 0.254 e. The molecule has 3 N–H and O–H groups in total. The van der Waals surface area contributed by atoms with E-state index in [1.54, 1.807) is 6.20 Å². The van der Waals surface area contributed by atoms with Crippen molar-refractivity contribution in [3.05, 3.63) is 18.0 Å². The average molecular weight is 354 g/mol. The number of piperidine rings is 3. The molecule has 1 aromatic rings. The first kappa shape index (κ1) is 17.2. The van der Waals surface area contributed by atoms with Gasteiger partial charge in [-0.15, -0.1) is 12.4 Å². The summed E-state index contributed by atoms with van der Waals surface area (Å²) < 4.78 is 0. The molecule has 0 spiro atoms. The summed E-state index contributed by atoms with van der Waals surface area (Å²) in [5.74, 6) is 1.13. The zero-order valence-electron chi connectivity index (χ0n) is 13.5. The van der Waals surface area contributed by atoms with Gasteiger partial charge in [-0.25, -0.2) is 0 Å². The molecule has 0 aromatic carbocycles. The topological polar surface area (TPSA) is 90.1 Å². The minimum absolute atomic E-state index is 0. The molecule has 3 aliphatic rings. The van der Waals surface area contributed by atoms with Crippen molar-refractivity contribution in [2.45, 2.75) is 37.8 Å². The Morgan fingerprint density at radius 1 is 1.38 bits per heavy atom. The number of nitrogens with one attached hydrogen (secondary N) is 3. The molecule has 3 aliphatic heterocycles. The number of carbonyl (C=O) groups is 2. The Kier molecular flexibility index (Phi) is 5.10. The van der Waals surface area contributed by atoms with Gasteiger partial charge < -0.3 is 15.5 Å². The first-order chi connectivity index (χ1) is 11.2. The van der Waals surface area contributed by atoms with Gasteiger partial charge in [-0.3, -0.25) is 14.7 Å². The van der Waals surface area contributed by atoms with Gasteiger partial charge in [0.25, 0.3) is 5.91 Å². The highest BCUT2D eigenvalue weighted by Crippen LogP contribution is 2.39. The minimum Gasteiger partial charge on any atom is -0.350 e. The van der Waals surface area contributed by atoms with Crippen molar-refractivity contribution in [2.75, 3.05) is 19.6 Å². The number of hydrogen-bond donors (Lipinski definition) is 3. The highest BCUT2D eigenvalue weighted by Gasteiger charge is 2.47. The number of halogens is 1. The van der Waals surface area contributed by atoms with Crippen molar-refractivity contribution in [1.82, 2.24) is 25.7 Å². The Morgan fingerprint density at radius 2 is 2.21 bits per heavy atom. The third-order valence-corrected chi connectivity index (χ3v) is 5.63. The molecular weight excluding hydrogens is 330 g/mol. The van der Waals surface area contributed by atoms with E-state index in [0.29, 0.717) is 36.4 Å². The van der Waals surface area contributed by atoms with E-state index in [-0.39, 0.29) is 30.3 Å². The Bertz CT molecular complexity index is 593. The van der Waals surface area contributed by atoms with E-state index in [4.69, 9.17) is 0 Å². The molecule has 0 unspecified atom stereocenters. The number of hydrogen-bond acceptors (Lipinski definition) is 4. The lowest BCUT2D eigenvalue weighted by atomic mass is 9.72. The normalized spacial score (nSPS) is 31.8. The molecule has 24 heavy (non-hydrogen) atoms. The molecule has 132 valence electrons. The lowest BCUT2D eigenvalue weighted by Gasteiger charge is -2.54. The first-order valence-electron chi connectivity index (χ1n) is 8.53. The van der Waals surface area contributed by atoms with Gasteiger partial charge in [-0.05, 0) is 37.6 Å². The Hall–Kier alpha value is -1.60. The summed E-state index contributed by atoms with van der Waals surface area (Å²) in [6, 6.07) is 0.448. The van der Waals surface area contributed by atoms with Gasteiger partial charge in [0.1, 0.15) is 0 Å². The van der Waals surface area contributed by atoms with Crippen LogP contribution < -0.4 is 10.6 Å². The van der Waals surface area contributed by atoms with Gasteiger partial charge >= 0.3 is 0 Å². The molecule has 1 aromatic heterocycles. The van der Waals surface area contributed by atoms with E-state index in [9.17, 15) is 9.59 Å². The predicted octanol–water partition coefficient (Wildman–Crippen LogP) is 0.550. The van der Waals surface area contributed by atoms with Crippen LogP contribution in [0.2, 0.25) is 0 Å². The van der Waals surface area contributed by atoms with Gasteiger partial charge in [0.2, 0.25) is 5.91 Å². The van der Waals surface area contributed by atoms with Crippen molar-refractivity contribution >= 4 is 24.2 Å². The molecule has 4 rings (SSSR count). The zero-order valence-corrected chi connectivity index (χ0v) is 14.3. The van der Waals surface area contributed by atoms with E-state index < -0.39 is 0 Å². The largest absolute Gasteiger partial charge is 0.350 e. The molecule has 7 nitrogen and oxygen atoms in total. The number of amides is 2. The molecule has 4 heterocycles. The number of aromatic amines is 1. The summed E-state index contributed by atoms with van der Waals surface area (Å²) in [6.45, 7) is 2.46. The predicted molar refractivity (Wildman–Crippen MR) is 90.9 cm³/mol. The number of nitrogens with zero attached hydrogens (tertiary/aromatic N) is 2. The molecule has 3 saturated heterocycles. The van der Waals surface area contributed by atoms with E-state index in [1.807, 2.05) is 0 Å². The lowest BCUT2D eigenvalue weighted by Crippen LogP contribution is -2.66. The maximum absolute atomic E-state index is 12.5. The lowest BCUT2D eigenvalue weighted by molar-refractivity contribution is -0.148. The summed E-state index contributed by atoms with van der Waals surface area (Å²) in [5.41, 5.74) is 0.530. The summed E-state index contributed by atoms with van der Waals surface area (Å²) >= 11 is 0. The average Bonchev–Trinajstić information content (AvgIpc) is 3.10. The minimum atomic E-state index is -0.134. The van der Waals surface area contributed by atoms with Crippen LogP contribution >= 0.6 is 12.4 Å². The fourth-order valence-corrected chi connectivity index (χ4v) is 4.57. The van der Waals surface area contributed by atoms with Crippen molar-refractivity contribution in [2.24, 2.45) is 11.8 Å². The van der Waals surface area contributed by atoms with Crippen molar-refractivity contribution in [1.29, 1.82) is 0 Å². The standard InChI is InChI=1S/C16H23N5O2.ClH/c22-15-3-1-2-13-10-4-11(6-17-5-10)14(21(13)15)9-18-16(23)12-7-19-20-8-12;/h7-8,10-11,13-14,17H,1-6,9H2,(H,18,23)(H,19,20);1H/t10-,11+,13+,14+;/m1./s1. The van der Waals surface area contributed by atoms with Crippen molar-refractivity contribution in [3.8, 4) is 0 Å². The molecular formula is C16H24ClN5O2. The summed E-state index contributed by atoms with van der Waals surface area (Å²) in [7, 11) is 0. The highest BCUT2D eigenvalue weighted by molar-refractivity contribution is 5.93. The fourth-order valence-electron chi connectivity index (χ4n) is 4.57. The van der Waals surface area contributed by atoms with E-state index in [1.165, 1.54) is 6.20 Å². The van der Waals surface area contributed by atoms with E-state index in [0.717, 1.165) is 32.4 Å². The fraction of sp³-hybridized carbons (Fsp3) is 0.688. The van der Waals surface area contributed by atoms with Crippen LogP contribution in [0.15, 0.2) is 12.4 Å². The SMILES string of the molecule is Cl.O=C(NC[C@H]1[C@@H]2CNC[C@@H](C2)[C@@H]2CCCC(=O)N21)c1cn[nH]c1. The molecule has 2 bridgehead atoms. The van der Waals surface area contributed by atoms with Crippen LogP contribution in [0.5, 0.6) is 0 Å². The summed E-state index contributed by atoms with van der Waals surface area (Å²) in [4.78, 5) is 26.8. The summed E-state index contributed by atoms with van der Waals surface area (Å²) in [5, 5.41) is 13.0. The van der Waals surface area contributed by atoms with Gasteiger partial charge in [-0.2, -0.15) is 5.10 Å². The van der Waals surface area contributed by atoms with Crippen LogP contribution in [0.4, 0.5) is 0 Å². The van der Waals surface area contributed by atoms with E-state index >= 15 is 0 Å². The number of H-pyrrole nitrogens is 1. The third-order valence-electron chi connectivity index (χ3n) is 5.63. The van der Waals surface area contributed by atoms with Gasteiger partial charge in [0.05, 0.1) is 17.8 Å². The Balaban J connectivity index is 0.00000169. The monoisotopic (exact) mass is 353 g/mol. The molecule has 0 aliphatic carbocycles. The second-order valence-electron chi connectivity index (χ2n) is 6.94.